The smallest absolute Gasteiger partial charge is 0.0500 e. The van der Waals surface area contributed by atoms with E-state index in [4.69, 9.17) is 0 Å². The lowest BCUT2D eigenvalue weighted by molar-refractivity contribution is 0.500. The number of H-pyrrole nitrogens is 1. The molecule has 0 amide bonds. The molecule has 0 fully saturated rings. The number of hydrogen-bond donors (Lipinski definition) is 2. The molecule has 3 heteroatoms. The van der Waals surface area contributed by atoms with E-state index in [1.807, 2.05) is 24.5 Å². The summed E-state index contributed by atoms with van der Waals surface area (Å²) in [6.45, 7) is 0. The highest BCUT2D eigenvalue weighted by Gasteiger charge is 1.55. The van der Waals surface area contributed by atoms with E-state index in [1.165, 1.54) is 7.11 Å². The third-order valence-electron chi connectivity index (χ3n) is 0.496. The Morgan fingerprint density at radius 3 is 1.88 bits per heavy atom. The van der Waals surface area contributed by atoms with Gasteiger partial charge in [-0.3, -0.25) is 0 Å². The van der Waals surface area contributed by atoms with Crippen molar-refractivity contribution in [3.8, 4) is 0 Å². The van der Waals surface area contributed by atoms with Gasteiger partial charge >= 0.3 is 0 Å². The lowest BCUT2D eigenvalue weighted by atomic mass is 10.7. The maximum absolute atomic E-state index is 3.94. The van der Waals surface area contributed by atoms with Crippen LogP contribution in [0.3, 0.4) is 0 Å². The molecule has 0 unspecified atom stereocenters. The number of nitrogens with one attached hydrogen (secondary N) is 1. The van der Waals surface area contributed by atoms with E-state index >= 15 is 0 Å². The van der Waals surface area contributed by atoms with Crippen LogP contribution in [0.25, 0.3) is 0 Å². The number of thiol groups is 1. The van der Waals surface area contributed by atoms with Crippen LogP contribution in [0, 0.1) is 0 Å². The molecule has 0 radical (unpaired) electrons. The van der Waals surface area contributed by atoms with Crippen LogP contribution >= 0.6 is 12.9 Å². The second-order valence-corrected chi connectivity index (χ2v) is 1.43. The fourth-order valence-corrected chi connectivity index (χ4v) is 0.278. The molecule has 0 saturated heterocycles. The predicted molar refractivity (Wildman–Crippen MR) is 36.8 cm³/mol. The van der Waals surface area contributed by atoms with Crippen molar-refractivity contribution >= 4 is 12.9 Å². The molecule has 0 saturated carbocycles. The molecule has 0 aromatic carbocycles. The molecule has 46 valence electrons. The van der Waals surface area contributed by atoms with Gasteiger partial charge in [-0.1, -0.05) is 0 Å². The Morgan fingerprint density at radius 1 is 1.38 bits per heavy atom. The first-order valence-electron chi connectivity index (χ1n) is 2.17. The van der Waals surface area contributed by atoms with Gasteiger partial charge in [-0.05, 0) is 25.0 Å². The number of aromatic amines is 1. The zero-order chi connectivity index (χ0) is 6.24. The van der Waals surface area contributed by atoms with Gasteiger partial charge in [0.15, 0.2) is 0 Å². The van der Waals surface area contributed by atoms with Crippen LogP contribution in [-0.2, 0) is 4.18 Å². The molecule has 2 nitrogen and oxygen atoms in total. The molecule has 1 aromatic heterocycles. The summed E-state index contributed by atoms with van der Waals surface area (Å²) in [6.07, 6.45) is 3.75. The third-order valence-corrected chi connectivity index (χ3v) is 0.496. The summed E-state index contributed by atoms with van der Waals surface area (Å²) in [6, 6.07) is 3.89. The lowest BCUT2D eigenvalue weighted by Gasteiger charge is -1.58. The molecule has 1 aromatic rings. The predicted octanol–water partition coefficient (Wildman–Crippen LogP) is 1.49. The average molecular weight is 131 g/mol. The van der Waals surface area contributed by atoms with Crippen molar-refractivity contribution < 1.29 is 4.18 Å². The molecule has 0 aliphatic carbocycles. The molecule has 0 aliphatic heterocycles. The van der Waals surface area contributed by atoms with Crippen LogP contribution in [0.5, 0.6) is 0 Å². The maximum atomic E-state index is 3.94. The van der Waals surface area contributed by atoms with E-state index in [9.17, 15) is 0 Å². The van der Waals surface area contributed by atoms with Gasteiger partial charge in [-0.15, -0.1) is 0 Å². The minimum atomic E-state index is 1.49. The van der Waals surface area contributed by atoms with Crippen LogP contribution < -0.4 is 0 Å². The van der Waals surface area contributed by atoms with Crippen LogP contribution in [0.15, 0.2) is 24.5 Å². The van der Waals surface area contributed by atoms with E-state index in [-0.39, 0.29) is 0 Å². The van der Waals surface area contributed by atoms with Gasteiger partial charge < -0.3 is 9.17 Å². The minimum absolute atomic E-state index is 1.49. The Morgan fingerprint density at radius 2 is 1.75 bits per heavy atom. The average Bonchev–Trinajstić information content (AvgIpc) is 2.17. The normalized spacial score (nSPS) is 7.25. The zero-order valence-corrected chi connectivity index (χ0v) is 5.56. The van der Waals surface area contributed by atoms with Gasteiger partial charge in [0, 0.05) is 19.5 Å². The zero-order valence-electron chi connectivity index (χ0n) is 4.66. The van der Waals surface area contributed by atoms with Gasteiger partial charge in [-0.25, -0.2) is 0 Å². The van der Waals surface area contributed by atoms with Gasteiger partial charge in [0.2, 0.25) is 0 Å². The Labute approximate surface area is 54.5 Å². The number of rotatable bonds is 0. The molecule has 1 rings (SSSR count). The number of hydrogen-bond acceptors (Lipinski definition) is 2. The summed E-state index contributed by atoms with van der Waals surface area (Å²) in [4.78, 5) is 2.86. The molecule has 0 bridgehead atoms. The van der Waals surface area contributed by atoms with Gasteiger partial charge in [0.25, 0.3) is 0 Å². The summed E-state index contributed by atoms with van der Waals surface area (Å²) >= 11 is 3.29. The van der Waals surface area contributed by atoms with Crippen LogP contribution in [0.4, 0.5) is 0 Å². The van der Waals surface area contributed by atoms with Gasteiger partial charge in [0.1, 0.15) is 0 Å². The first kappa shape index (κ1) is 7.59. The highest BCUT2D eigenvalue weighted by molar-refractivity contribution is 7.75. The van der Waals surface area contributed by atoms with Crippen molar-refractivity contribution in [2.24, 2.45) is 0 Å². The monoisotopic (exact) mass is 131 g/mol. The fraction of sp³-hybridized carbons (Fsp3) is 0.200. The SMILES string of the molecule is COS.c1cc[nH]c1. The number of aromatic nitrogens is 1. The Kier molecular flexibility index (Phi) is 6.25. The molecular weight excluding hydrogens is 122 g/mol. The quantitative estimate of drug-likeness (QED) is 0.405. The summed E-state index contributed by atoms with van der Waals surface area (Å²) in [5.74, 6) is 0. The second kappa shape index (κ2) is 6.59. The second-order valence-electron chi connectivity index (χ2n) is 1.07. The molecule has 0 spiro atoms. The summed E-state index contributed by atoms with van der Waals surface area (Å²) in [5.41, 5.74) is 0. The summed E-state index contributed by atoms with van der Waals surface area (Å²) in [5, 5.41) is 0. The lowest BCUT2D eigenvalue weighted by Crippen LogP contribution is -1.40. The molecule has 0 atom stereocenters. The molecule has 1 heterocycles. The fourth-order valence-electron chi connectivity index (χ4n) is 0.278. The maximum Gasteiger partial charge on any atom is 0.0500 e. The van der Waals surface area contributed by atoms with Crippen molar-refractivity contribution in [2.75, 3.05) is 7.11 Å². The van der Waals surface area contributed by atoms with Crippen molar-refractivity contribution in [3.05, 3.63) is 24.5 Å². The third kappa shape index (κ3) is 5.59. The van der Waals surface area contributed by atoms with Gasteiger partial charge in [-0.2, -0.15) is 0 Å². The topological polar surface area (TPSA) is 25.0 Å². The van der Waals surface area contributed by atoms with E-state index in [1.54, 1.807) is 0 Å². The van der Waals surface area contributed by atoms with Crippen molar-refractivity contribution in [1.82, 2.24) is 4.98 Å². The van der Waals surface area contributed by atoms with E-state index < -0.39 is 0 Å². The van der Waals surface area contributed by atoms with Crippen molar-refractivity contribution in [2.45, 2.75) is 0 Å². The van der Waals surface area contributed by atoms with Gasteiger partial charge in [0.05, 0.1) is 0 Å². The van der Waals surface area contributed by atoms with Crippen LogP contribution in [0.2, 0.25) is 0 Å². The van der Waals surface area contributed by atoms with Crippen LogP contribution in [-0.4, -0.2) is 12.1 Å². The molecule has 0 aliphatic rings. The minimum Gasteiger partial charge on any atom is -0.368 e. The van der Waals surface area contributed by atoms with E-state index in [0.29, 0.717) is 0 Å². The van der Waals surface area contributed by atoms with Crippen molar-refractivity contribution in [1.29, 1.82) is 0 Å². The summed E-state index contributed by atoms with van der Waals surface area (Å²) < 4.78 is 3.94. The molecule has 1 N–H and O–H groups in total. The Balaban J connectivity index is 0.000000145. The highest BCUT2D eigenvalue weighted by Crippen LogP contribution is 1.72. The standard InChI is InChI=1S/C4H5N.CH4OS/c1-2-4-5-3-1;1-2-3/h1-5H;3H,1H3. The molecular formula is C5H9NOS. The summed E-state index contributed by atoms with van der Waals surface area (Å²) in [7, 11) is 1.49. The first-order chi connectivity index (χ1) is 3.91. The first-order valence-corrected chi connectivity index (χ1v) is 2.53. The Hall–Kier alpha value is -0.410. The van der Waals surface area contributed by atoms with E-state index in [2.05, 4.69) is 22.1 Å². The Bertz CT molecular complexity index is 79.3. The largest absolute Gasteiger partial charge is 0.368 e. The van der Waals surface area contributed by atoms with E-state index in [0.717, 1.165) is 0 Å². The molecule has 8 heavy (non-hydrogen) atoms. The van der Waals surface area contributed by atoms with Crippen molar-refractivity contribution in [3.63, 3.8) is 0 Å². The highest BCUT2D eigenvalue weighted by atomic mass is 32.1. The van der Waals surface area contributed by atoms with Crippen LogP contribution in [0.1, 0.15) is 0 Å².